The summed E-state index contributed by atoms with van der Waals surface area (Å²) in [5.74, 6) is 1.65. The minimum Gasteiger partial charge on any atom is -0.490 e. The molecule has 0 atom stereocenters. The van der Waals surface area contributed by atoms with Crippen molar-refractivity contribution in [3.8, 4) is 5.75 Å². The van der Waals surface area contributed by atoms with Gasteiger partial charge in [0.05, 0.1) is 7.11 Å². The highest BCUT2D eigenvalue weighted by atomic mass is 16.5. The largest absolute Gasteiger partial charge is 0.490 e. The fourth-order valence-corrected chi connectivity index (χ4v) is 2.52. The third-order valence-corrected chi connectivity index (χ3v) is 3.38. The second-order valence-electron chi connectivity index (χ2n) is 4.50. The first kappa shape index (κ1) is 11.8. The number of nitrogens with zero attached hydrogens (tertiary/aromatic N) is 3. The van der Waals surface area contributed by atoms with Crippen molar-refractivity contribution in [1.29, 1.82) is 0 Å². The van der Waals surface area contributed by atoms with E-state index in [9.17, 15) is 0 Å². The number of hydrogen-bond acceptors (Lipinski definition) is 5. The molecule has 1 aliphatic rings. The second kappa shape index (κ2) is 4.76. The number of rotatable bonds is 2. The highest BCUT2D eigenvalue weighted by Gasteiger charge is 2.23. The maximum Gasteiger partial charge on any atom is 0.204 e. The summed E-state index contributed by atoms with van der Waals surface area (Å²) in [7, 11) is 1.59. The Morgan fingerprint density at radius 2 is 2.11 bits per heavy atom. The molecule has 1 aromatic heterocycles. The molecule has 0 radical (unpaired) electrons. The van der Waals surface area contributed by atoms with E-state index in [-0.39, 0.29) is 0 Å². The van der Waals surface area contributed by atoms with Crippen LogP contribution < -0.4 is 15.4 Å². The number of nitrogens with two attached hydrogens (primary N) is 1. The number of methoxy groups -OCH3 is 1. The third-order valence-electron chi connectivity index (χ3n) is 3.38. The maximum absolute atomic E-state index is 5.86. The Hall–Kier alpha value is -2.30. The van der Waals surface area contributed by atoms with Gasteiger partial charge in [-0.3, -0.25) is 0 Å². The fraction of sp³-hybridized carbons (Fsp3) is 0.286. The van der Waals surface area contributed by atoms with Gasteiger partial charge in [-0.25, -0.2) is 9.97 Å². The third kappa shape index (κ3) is 1.97. The van der Waals surface area contributed by atoms with Crippen LogP contribution in [-0.4, -0.2) is 23.6 Å². The first-order chi connectivity index (χ1) is 9.31. The van der Waals surface area contributed by atoms with Crippen LogP contribution in [0.2, 0.25) is 0 Å². The molecule has 0 saturated carbocycles. The molecule has 2 aromatic rings. The number of anilines is 3. The van der Waals surface area contributed by atoms with Crippen LogP contribution in [0.25, 0.3) is 0 Å². The Balaban J connectivity index is 2.12. The Bertz CT molecular complexity index is 600. The smallest absolute Gasteiger partial charge is 0.204 e. The molecule has 0 spiro atoms. The molecule has 0 saturated heterocycles. The molecule has 5 nitrogen and oxygen atoms in total. The predicted octanol–water partition coefficient (Wildman–Crippen LogP) is 2.15. The van der Waals surface area contributed by atoms with Crippen LogP contribution in [0.1, 0.15) is 12.0 Å². The van der Waals surface area contributed by atoms with E-state index in [1.54, 1.807) is 7.11 Å². The number of benzene rings is 1. The monoisotopic (exact) mass is 256 g/mol. The number of aromatic nitrogens is 2. The summed E-state index contributed by atoms with van der Waals surface area (Å²) in [5.41, 5.74) is 8.35. The van der Waals surface area contributed by atoms with E-state index in [4.69, 9.17) is 10.5 Å². The van der Waals surface area contributed by atoms with Crippen molar-refractivity contribution in [1.82, 2.24) is 9.97 Å². The van der Waals surface area contributed by atoms with Crippen molar-refractivity contribution in [3.63, 3.8) is 0 Å². The van der Waals surface area contributed by atoms with Crippen LogP contribution in [0.3, 0.4) is 0 Å². The SMILES string of the molecule is COc1c(N)ncnc1N1CCCc2ccccc21. The lowest BCUT2D eigenvalue weighted by atomic mass is 10.0. The number of aryl methyl sites for hydroxylation is 1. The first-order valence-corrected chi connectivity index (χ1v) is 6.31. The number of para-hydroxylation sites is 1. The highest BCUT2D eigenvalue weighted by molar-refractivity contribution is 5.73. The van der Waals surface area contributed by atoms with Crippen LogP contribution in [0.15, 0.2) is 30.6 Å². The lowest BCUT2D eigenvalue weighted by Crippen LogP contribution is -2.26. The number of fused-ring (bicyclic) bond motifs is 1. The molecule has 0 bridgehead atoms. The van der Waals surface area contributed by atoms with E-state index in [1.807, 2.05) is 6.07 Å². The van der Waals surface area contributed by atoms with Gasteiger partial charge in [0.25, 0.3) is 0 Å². The van der Waals surface area contributed by atoms with E-state index in [0.717, 1.165) is 25.2 Å². The molecular formula is C14H16N4O. The molecule has 3 rings (SSSR count). The summed E-state index contributed by atoms with van der Waals surface area (Å²) >= 11 is 0. The molecular weight excluding hydrogens is 240 g/mol. The van der Waals surface area contributed by atoms with Gasteiger partial charge in [-0.2, -0.15) is 0 Å². The summed E-state index contributed by atoms with van der Waals surface area (Å²) in [4.78, 5) is 10.5. The molecule has 5 heteroatoms. The van der Waals surface area contributed by atoms with Gasteiger partial charge in [0.1, 0.15) is 6.33 Å². The van der Waals surface area contributed by atoms with Crippen LogP contribution in [-0.2, 0) is 6.42 Å². The van der Waals surface area contributed by atoms with Crippen molar-refractivity contribution in [2.24, 2.45) is 0 Å². The van der Waals surface area contributed by atoms with E-state index in [2.05, 4.69) is 33.1 Å². The van der Waals surface area contributed by atoms with Crippen molar-refractivity contribution < 1.29 is 4.74 Å². The number of hydrogen-bond donors (Lipinski definition) is 1. The van der Waals surface area contributed by atoms with Gasteiger partial charge >= 0.3 is 0 Å². The normalized spacial score (nSPS) is 14.1. The summed E-state index contributed by atoms with van der Waals surface area (Å²) < 4.78 is 5.35. The standard InChI is InChI=1S/C14H16N4O/c1-19-12-13(15)16-9-17-14(12)18-8-4-6-10-5-2-3-7-11(10)18/h2-3,5,7,9H,4,6,8H2,1H3,(H2,15,16,17). The fourth-order valence-electron chi connectivity index (χ4n) is 2.52. The van der Waals surface area contributed by atoms with Gasteiger partial charge < -0.3 is 15.4 Å². The number of ether oxygens (including phenoxy) is 1. The van der Waals surface area contributed by atoms with Crippen molar-refractivity contribution in [2.75, 3.05) is 24.3 Å². The van der Waals surface area contributed by atoms with E-state index < -0.39 is 0 Å². The molecule has 0 unspecified atom stereocenters. The molecule has 0 amide bonds. The molecule has 2 heterocycles. The van der Waals surface area contributed by atoms with E-state index in [0.29, 0.717) is 11.6 Å². The Morgan fingerprint density at radius 1 is 1.26 bits per heavy atom. The average molecular weight is 256 g/mol. The molecule has 0 fully saturated rings. The van der Waals surface area contributed by atoms with Gasteiger partial charge in [-0.1, -0.05) is 18.2 Å². The summed E-state index contributed by atoms with van der Waals surface area (Å²) in [6.07, 6.45) is 3.66. The van der Waals surface area contributed by atoms with Crippen LogP contribution in [0, 0.1) is 0 Å². The van der Waals surface area contributed by atoms with Crippen LogP contribution in [0.4, 0.5) is 17.3 Å². The first-order valence-electron chi connectivity index (χ1n) is 6.31. The summed E-state index contributed by atoms with van der Waals surface area (Å²) in [5, 5.41) is 0. The summed E-state index contributed by atoms with van der Waals surface area (Å²) in [6, 6.07) is 8.35. The molecule has 0 aliphatic carbocycles. The zero-order valence-electron chi connectivity index (χ0n) is 10.8. The summed E-state index contributed by atoms with van der Waals surface area (Å²) in [6.45, 7) is 0.907. The second-order valence-corrected chi connectivity index (χ2v) is 4.50. The van der Waals surface area contributed by atoms with Crippen LogP contribution in [0.5, 0.6) is 5.75 Å². The van der Waals surface area contributed by atoms with Crippen molar-refractivity contribution >= 4 is 17.3 Å². The molecule has 98 valence electrons. The topological polar surface area (TPSA) is 64.3 Å². The molecule has 1 aromatic carbocycles. The zero-order chi connectivity index (χ0) is 13.2. The zero-order valence-corrected chi connectivity index (χ0v) is 10.8. The van der Waals surface area contributed by atoms with Crippen LogP contribution >= 0.6 is 0 Å². The number of nitrogen functional groups attached to an aromatic ring is 1. The quantitative estimate of drug-likeness (QED) is 0.892. The Morgan fingerprint density at radius 3 is 2.95 bits per heavy atom. The molecule has 1 aliphatic heterocycles. The van der Waals surface area contributed by atoms with Gasteiger partial charge in [0.15, 0.2) is 11.6 Å². The highest BCUT2D eigenvalue weighted by Crippen LogP contribution is 2.38. The Kier molecular flexibility index (Phi) is 2.95. The van der Waals surface area contributed by atoms with E-state index >= 15 is 0 Å². The lowest BCUT2D eigenvalue weighted by Gasteiger charge is -2.31. The molecule has 2 N–H and O–H groups in total. The maximum atomic E-state index is 5.86. The van der Waals surface area contributed by atoms with Gasteiger partial charge in [0, 0.05) is 12.2 Å². The van der Waals surface area contributed by atoms with E-state index in [1.165, 1.54) is 17.6 Å². The minimum absolute atomic E-state index is 0.371. The lowest BCUT2D eigenvalue weighted by molar-refractivity contribution is 0.413. The van der Waals surface area contributed by atoms with Gasteiger partial charge in [-0.05, 0) is 24.5 Å². The Labute approximate surface area is 112 Å². The van der Waals surface area contributed by atoms with Gasteiger partial charge in [0.2, 0.25) is 5.75 Å². The minimum atomic E-state index is 0.371. The molecule has 19 heavy (non-hydrogen) atoms. The van der Waals surface area contributed by atoms with Crippen molar-refractivity contribution in [2.45, 2.75) is 12.8 Å². The average Bonchev–Trinajstić information content (AvgIpc) is 2.46. The van der Waals surface area contributed by atoms with Crippen molar-refractivity contribution in [3.05, 3.63) is 36.2 Å². The van der Waals surface area contributed by atoms with Gasteiger partial charge in [-0.15, -0.1) is 0 Å². The predicted molar refractivity (Wildman–Crippen MR) is 74.8 cm³/mol.